The van der Waals surface area contributed by atoms with E-state index in [1.807, 2.05) is 19.9 Å². The number of aryl methyl sites for hydroxylation is 2. The predicted octanol–water partition coefficient (Wildman–Crippen LogP) is 2.78. The highest BCUT2D eigenvalue weighted by molar-refractivity contribution is 7.21. The zero-order valence-corrected chi connectivity index (χ0v) is 11.9. The Kier molecular flexibility index (Phi) is 2.93. The summed E-state index contributed by atoms with van der Waals surface area (Å²) in [6.45, 7) is 3.96. The summed E-state index contributed by atoms with van der Waals surface area (Å²) in [5, 5.41) is 3.96. The number of carbonyl (C=O) groups excluding carboxylic acids is 1. The molecule has 2 heterocycles. The van der Waals surface area contributed by atoms with E-state index in [4.69, 9.17) is 5.73 Å². The van der Waals surface area contributed by atoms with Crippen LogP contribution in [0, 0.1) is 13.8 Å². The van der Waals surface area contributed by atoms with E-state index in [0.717, 1.165) is 34.3 Å². The maximum atomic E-state index is 12.2. The molecule has 3 N–H and O–H groups in total. The van der Waals surface area contributed by atoms with Crippen molar-refractivity contribution in [3.05, 3.63) is 22.2 Å². The summed E-state index contributed by atoms with van der Waals surface area (Å²) in [7, 11) is 0. The molecule has 0 atom stereocenters. The van der Waals surface area contributed by atoms with Crippen molar-refractivity contribution in [1.29, 1.82) is 0 Å². The number of thiophene rings is 1. The predicted molar refractivity (Wildman–Crippen MR) is 78.6 cm³/mol. The zero-order valence-electron chi connectivity index (χ0n) is 11.1. The van der Waals surface area contributed by atoms with Crippen LogP contribution in [0.15, 0.2) is 6.07 Å². The number of hydrogen-bond acceptors (Lipinski definition) is 4. The molecule has 0 aliphatic heterocycles. The monoisotopic (exact) mass is 275 g/mol. The summed E-state index contributed by atoms with van der Waals surface area (Å²) in [6.07, 6.45) is 3.35. The van der Waals surface area contributed by atoms with Crippen molar-refractivity contribution in [2.24, 2.45) is 0 Å². The van der Waals surface area contributed by atoms with Gasteiger partial charge in [-0.1, -0.05) is 0 Å². The maximum absolute atomic E-state index is 12.2. The number of aromatic nitrogens is 1. The largest absolute Gasteiger partial charge is 0.397 e. The first-order valence-electron chi connectivity index (χ1n) is 6.53. The van der Waals surface area contributed by atoms with E-state index in [-0.39, 0.29) is 5.91 Å². The maximum Gasteiger partial charge on any atom is 0.263 e. The summed E-state index contributed by atoms with van der Waals surface area (Å²) in [5.74, 6) is -0.0535. The zero-order chi connectivity index (χ0) is 13.6. The number of nitrogen functional groups attached to an aromatic ring is 1. The molecule has 2 aromatic heterocycles. The number of hydrogen-bond donors (Lipinski definition) is 2. The molecule has 1 aliphatic rings. The van der Waals surface area contributed by atoms with Crippen LogP contribution in [0.5, 0.6) is 0 Å². The van der Waals surface area contributed by atoms with E-state index in [2.05, 4.69) is 10.3 Å². The summed E-state index contributed by atoms with van der Waals surface area (Å²) >= 11 is 1.39. The number of fused-ring (bicyclic) bond motifs is 1. The van der Waals surface area contributed by atoms with E-state index in [1.165, 1.54) is 17.8 Å². The second kappa shape index (κ2) is 4.49. The van der Waals surface area contributed by atoms with Crippen LogP contribution < -0.4 is 11.1 Å². The number of rotatable bonds is 2. The first-order chi connectivity index (χ1) is 9.06. The van der Waals surface area contributed by atoms with Gasteiger partial charge in [0.2, 0.25) is 0 Å². The number of amides is 1. The average Bonchev–Trinajstić information content (AvgIpc) is 2.61. The lowest BCUT2D eigenvalue weighted by Gasteiger charge is -2.26. The lowest BCUT2D eigenvalue weighted by Crippen LogP contribution is -2.39. The van der Waals surface area contributed by atoms with Gasteiger partial charge in [-0.3, -0.25) is 4.79 Å². The van der Waals surface area contributed by atoms with Gasteiger partial charge in [0.25, 0.3) is 5.91 Å². The molecule has 4 nitrogen and oxygen atoms in total. The van der Waals surface area contributed by atoms with Crippen LogP contribution in [0.1, 0.15) is 40.2 Å². The standard InChI is InChI=1S/C14H17N3OS/c1-7-6-8(2)16-14-10(7)11(15)12(19-14)13(18)17-9-4-3-5-9/h6,9H,3-5,15H2,1-2H3,(H,17,18). The molecule has 0 radical (unpaired) electrons. The Morgan fingerprint density at radius 2 is 2.21 bits per heavy atom. The van der Waals surface area contributed by atoms with Gasteiger partial charge in [0, 0.05) is 17.1 Å². The summed E-state index contributed by atoms with van der Waals surface area (Å²) in [5.41, 5.74) is 8.74. The minimum atomic E-state index is -0.0535. The van der Waals surface area contributed by atoms with Crippen molar-refractivity contribution in [3.8, 4) is 0 Å². The van der Waals surface area contributed by atoms with Crippen LogP contribution >= 0.6 is 11.3 Å². The van der Waals surface area contributed by atoms with Crippen molar-refractivity contribution in [1.82, 2.24) is 10.3 Å². The number of nitrogens with zero attached hydrogens (tertiary/aromatic N) is 1. The molecule has 19 heavy (non-hydrogen) atoms. The second-order valence-corrected chi connectivity index (χ2v) is 6.21. The van der Waals surface area contributed by atoms with Crippen LogP contribution in [0.2, 0.25) is 0 Å². The molecule has 2 aromatic rings. The molecule has 1 aliphatic carbocycles. The molecule has 0 spiro atoms. The summed E-state index contributed by atoms with van der Waals surface area (Å²) in [4.78, 5) is 18.2. The van der Waals surface area contributed by atoms with E-state index in [1.54, 1.807) is 0 Å². The SMILES string of the molecule is Cc1cc(C)c2c(N)c(C(=O)NC3CCC3)sc2n1. The van der Waals surface area contributed by atoms with E-state index in [9.17, 15) is 4.79 Å². The van der Waals surface area contributed by atoms with Gasteiger partial charge >= 0.3 is 0 Å². The molecule has 5 heteroatoms. The Labute approximate surface area is 116 Å². The Bertz CT molecular complexity index is 658. The molecule has 3 rings (SSSR count). The molecular weight excluding hydrogens is 258 g/mol. The van der Waals surface area contributed by atoms with Crippen LogP contribution in [-0.4, -0.2) is 16.9 Å². The molecule has 0 aromatic carbocycles. The van der Waals surface area contributed by atoms with Gasteiger partial charge in [-0.05, 0) is 44.7 Å². The van der Waals surface area contributed by atoms with E-state index < -0.39 is 0 Å². The van der Waals surface area contributed by atoms with Gasteiger partial charge in [0.15, 0.2) is 0 Å². The van der Waals surface area contributed by atoms with Crippen molar-refractivity contribution in [3.63, 3.8) is 0 Å². The van der Waals surface area contributed by atoms with E-state index >= 15 is 0 Å². The number of nitrogens with two attached hydrogens (primary N) is 1. The highest BCUT2D eigenvalue weighted by Gasteiger charge is 2.24. The lowest BCUT2D eigenvalue weighted by molar-refractivity contribution is 0.0922. The van der Waals surface area contributed by atoms with Crippen molar-refractivity contribution < 1.29 is 4.79 Å². The molecule has 0 unspecified atom stereocenters. The minimum absolute atomic E-state index is 0.0535. The second-order valence-electron chi connectivity index (χ2n) is 5.21. The quantitative estimate of drug-likeness (QED) is 0.885. The lowest BCUT2D eigenvalue weighted by atomic mass is 9.93. The van der Waals surface area contributed by atoms with Gasteiger partial charge in [-0.25, -0.2) is 4.98 Å². The Hall–Kier alpha value is -1.62. The number of nitrogens with one attached hydrogen (secondary N) is 1. The normalized spacial score (nSPS) is 15.5. The molecule has 1 amide bonds. The van der Waals surface area contributed by atoms with Crippen LogP contribution in [0.3, 0.4) is 0 Å². The van der Waals surface area contributed by atoms with Crippen LogP contribution in [-0.2, 0) is 0 Å². The van der Waals surface area contributed by atoms with Gasteiger partial charge in [0.05, 0.1) is 5.69 Å². The van der Waals surface area contributed by atoms with Crippen molar-refractivity contribution in [2.45, 2.75) is 39.2 Å². The Balaban J connectivity index is 2.01. The summed E-state index contributed by atoms with van der Waals surface area (Å²) in [6, 6.07) is 2.33. The fourth-order valence-corrected chi connectivity index (χ4v) is 3.56. The Morgan fingerprint density at radius 1 is 1.47 bits per heavy atom. The molecule has 1 fully saturated rings. The third-order valence-corrected chi connectivity index (χ3v) is 4.77. The number of pyridine rings is 1. The molecule has 100 valence electrons. The Morgan fingerprint density at radius 3 is 2.84 bits per heavy atom. The smallest absolute Gasteiger partial charge is 0.263 e. The number of anilines is 1. The van der Waals surface area contributed by atoms with Crippen molar-refractivity contribution in [2.75, 3.05) is 5.73 Å². The van der Waals surface area contributed by atoms with Gasteiger partial charge in [0.1, 0.15) is 9.71 Å². The van der Waals surface area contributed by atoms with Crippen LogP contribution in [0.4, 0.5) is 5.69 Å². The third kappa shape index (κ3) is 2.08. The van der Waals surface area contributed by atoms with Gasteiger partial charge < -0.3 is 11.1 Å². The highest BCUT2D eigenvalue weighted by Crippen LogP contribution is 2.35. The summed E-state index contributed by atoms with van der Waals surface area (Å²) < 4.78 is 0. The molecule has 0 saturated heterocycles. The molecular formula is C14H17N3OS. The van der Waals surface area contributed by atoms with Crippen molar-refractivity contribution >= 4 is 33.1 Å². The van der Waals surface area contributed by atoms with E-state index in [0.29, 0.717) is 16.6 Å². The molecule has 1 saturated carbocycles. The fourth-order valence-electron chi connectivity index (χ4n) is 2.44. The molecule has 0 bridgehead atoms. The highest BCUT2D eigenvalue weighted by atomic mass is 32.1. The number of carbonyl (C=O) groups is 1. The minimum Gasteiger partial charge on any atom is -0.397 e. The topological polar surface area (TPSA) is 68.0 Å². The van der Waals surface area contributed by atoms with Gasteiger partial charge in [-0.15, -0.1) is 11.3 Å². The van der Waals surface area contributed by atoms with Crippen LogP contribution in [0.25, 0.3) is 10.2 Å². The average molecular weight is 275 g/mol. The third-order valence-electron chi connectivity index (χ3n) is 3.67. The fraction of sp³-hybridized carbons (Fsp3) is 0.429. The van der Waals surface area contributed by atoms with Gasteiger partial charge in [-0.2, -0.15) is 0 Å². The first-order valence-corrected chi connectivity index (χ1v) is 7.35. The first kappa shape index (κ1) is 12.4.